The third kappa shape index (κ3) is 5.94. The van der Waals surface area contributed by atoms with E-state index < -0.39 is 5.82 Å². The highest BCUT2D eigenvalue weighted by Gasteiger charge is 2.18. The second-order valence-corrected chi connectivity index (χ2v) is 9.36. The van der Waals surface area contributed by atoms with Crippen LogP contribution in [0.1, 0.15) is 16.8 Å². The van der Waals surface area contributed by atoms with Crippen LogP contribution in [0.4, 0.5) is 15.9 Å². The molecule has 0 atom stereocenters. The SMILES string of the molecule is N#Cc1c(Nc2ccccc2F)nc(SCc2cn(Cc3ccc(Cl)cc3)nn2)nc1-c1ccccc1. The summed E-state index contributed by atoms with van der Waals surface area (Å²) in [7, 11) is 0. The molecule has 0 radical (unpaired) electrons. The van der Waals surface area contributed by atoms with Crippen LogP contribution in [0.15, 0.2) is 90.2 Å². The number of nitriles is 1. The Kier molecular flexibility index (Phi) is 7.40. The van der Waals surface area contributed by atoms with E-state index in [0.717, 1.165) is 16.8 Å². The highest BCUT2D eigenvalue weighted by Crippen LogP contribution is 2.31. The number of aromatic nitrogens is 5. The van der Waals surface area contributed by atoms with Crippen molar-refractivity contribution in [2.75, 3.05) is 5.32 Å². The molecule has 0 aliphatic heterocycles. The van der Waals surface area contributed by atoms with Crippen molar-refractivity contribution < 1.29 is 4.39 Å². The number of nitrogens with zero attached hydrogens (tertiary/aromatic N) is 6. The lowest BCUT2D eigenvalue weighted by Crippen LogP contribution is -2.04. The summed E-state index contributed by atoms with van der Waals surface area (Å²) in [6.45, 7) is 0.567. The van der Waals surface area contributed by atoms with Gasteiger partial charge in [0.2, 0.25) is 0 Å². The number of nitrogens with one attached hydrogen (secondary N) is 1. The van der Waals surface area contributed by atoms with Crippen LogP contribution in [0, 0.1) is 17.1 Å². The van der Waals surface area contributed by atoms with Crippen molar-refractivity contribution in [2.45, 2.75) is 17.5 Å². The standard InChI is InChI=1S/C27H19ClFN7S/c28-20-12-10-18(11-13-20)15-36-16-21(34-35-36)17-37-27-32-25(19-6-2-1-3-7-19)22(14-30)26(33-27)31-24-9-5-4-8-23(24)29/h1-13,16H,15,17H2,(H,31,32,33). The van der Waals surface area contributed by atoms with Crippen molar-refractivity contribution in [1.82, 2.24) is 25.0 Å². The highest BCUT2D eigenvalue weighted by atomic mass is 35.5. The van der Waals surface area contributed by atoms with Crippen molar-refractivity contribution in [3.63, 3.8) is 0 Å². The predicted molar refractivity (Wildman–Crippen MR) is 142 cm³/mol. The summed E-state index contributed by atoms with van der Waals surface area (Å²) in [5.41, 5.74) is 3.47. The molecule has 0 saturated carbocycles. The van der Waals surface area contributed by atoms with Gasteiger partial charge in [0.1, 0.15) is 17.4 Å². The number of halogens is 2. The number of rotatable bonds is 8. The molecular weight excluding hydrogens is 509 g/mol. The fourth-order valence-electron chi connectivity index (χ4n) is 3.59. The molecule has 0 unspecified atom stereocenters. The van der Waals surface area contributed by atoms with Gasteiger partial charge < -0.3 is 5.32 Å². The monoisotopic (exact) mass is 527 g/mol. The zero-order valence-corrected chi connectivity index (χ0v) is 20.9. The summed E-state index contributed by atoms with van der Waals surface area (Å²) >= 11 is 7.31. The minimum absolute atomic E-state index is 0.220. The van der Waals surface area contributed by atoms with Gasteiger partial charge in [0.05, 0.1) is 23.6 Å². The second-order valence-electron chi connectivity index (χ2n) is 7.98. The van der Waals surface area contributed by atoms with Gasteiger partial charge in [-0.15, -0.1) is 5.10 Å². The van der Waals surface area contributed by atoms with Gasteiger partial charge in [0, 0.05) is 22.5 Å². The Morgan fingerprint density at radius 3 is 2.49 bits per heavy atom. The molecule has 2 heterocycles. The number of hydrogen-bond acceptors (Lipinski definition) is 7. The van der Waals surface area contributed by atoms with Crippen LogP contribution in [0.5, 0.6) is 0 Å². The zero-order chi connectivity index (χ0) is 25.6. The fraction of sp³-hybridized carbons (Fsp3) is 0.0741. The maximum atomic E-state index is 14.4. The molecule has 0 bridgehead atoms. The van der Waals surface area contributed by atoms with E-state index in [-0.39, 0.29) is 17.1 Å². The zero-order valence-electron chi connectivity index (χ0n) is 19.3. The van der Waals surface area contributed by atoms with Crippen molar-refractivity contribution in [3.8, 4) is 17.3 Å². The Hall–Kier alpha value is -4.26. The first-order chi connectivity index (χ1) is 18.1. The third-order valence-corrected chi connectivity index (χ3v) is 6.50. The van der Waals surface area contributed by atoms with Crippen molar-refractivity contribution in [3.05, 3.63) is 113 Å². The Balaban J connectivity index is 1.41. The fourth-order valence-corrected chi connectivity index (χ4v) is 4.44. The van der Waals surface area contributed by atoms with Crippen LogP contribution in [0.2, 0.25) is 5.02 Å². The molecule has 0 aliphatic rings. The molecule has 5 aromatic rings. The first-order valence-corrected chi connectivity index (χ1v) is 12.6. The molecular formula is C27H19ClFN7S. The number of benzene rings is 3. The molecule has 2 aromatic heterocycles. The normalized spacial score (nSPS) is 10.7. The van der Waals surface area contributed by atoms with Crippen LogP contribution in [-0.2, 0) is 12.3 Å². The van der Waals surface area contributed by atoms with Gasteiger partial charge in [-0.1, -0.05) is 83.2 Å². The van der Waals surface area contributed by atoms with Gasteiger partial charge >= 0.3 is 0 Å². The van der Waals surface area contributed by atoms with Crippen LogP contribution in [0.3, 0.4) is 0 Å². The molecule has 10 heteroatoms. The Bertz CT molecular complexity index is 1570. The Labute approximate surface area is 222 Å². The van der Waals surface area contributed by atoms with E-state index in [0.29, 0.717) is 28.2 Å². The average molecular weight is 528 g/mol. The summed E-state index contributed by atoms with van der Waals surface area (Å²) in [6.07, 6.45) is 1.86. The number of anilines is 2. The molecule has 0 saturated heterocycles. The Morgan fingerprint density at radius 1 is 0.973 bits per heavy atom. The molecule has 0 aliphatic carbocycles. The summed E-state index contributed by atoms with van der Waals surface area (Å²) in [4.78, 5) is 9.21. The first kappa shape index (κ1) is 24.4. The van der Waals surface area contributed by atoms with Crippen molar-refractivity contribution >= 4 is 34.9 Å². The molecule has 5 rings (SSSR count). The van der Waals surface area contributed by atoms with Crippen molar-refractivity contribution in [1.29, 1.82) is 5.26 Å². The van der Waals surface area contributed by atoms with E-state index in [4.69, 9.17) is 11.6 Å². The minimum atomic E-state index is -0.447. The summed E-state index contributed by atoms with van der Waals surface area (Å²) < 4.78 is 16.1. The van der Waals surface area contributed by atoms with Gasteiger partial charge in [-0.05, 0) is 29.8 Å². The summed E-state index contributed by atoms with van der Waals surface area (Å²) in [5, 5.41) is 22.5. The van der Waals surface area contributed by atoms with Crippen LogP contribution in [0.25, 0.3) is 11.3 Å². The molecule has 37 heavy (non-hydrogen) atoms. The number of thioether (sulfide) groups is 1. The summed E-state index contributed by atoms with van der Waals surface area (Å²) in [5.74, 6) is 0.244. The van der Waals surface area contributed by atoms with Crippen LogP contribution in [-0.4, -0.2) is 25.0 Å². The molecule has 1 N–H and O–H groups in total. The predicted octanol–water partition coefficient (Wildman–Crippen LogP) is 6.48. The largest absolute Gasteiger partial charge is 0.337 e. The smallest absolute Gasteiger partial charge is 0.190 e. The Morgan fingerprint density at radius 2 is 1.73 bits per heavy atom. The van der Waals surface area contributed by atoms with Gasteiger partial charge in [0.15, 0.2) is 11.0 Å². The topological polar surface area (TPSA) is 92.3 Å². The summed E-state index contributed by atoms with van der Waals surface area (Å²) in [6, 6.07) is 25.3. The lowest BCUT2D eigenvalue weighted by atomic mass is 10.1. The van der Waals surface area contributed by atoms with Gasteiger partial charge in [-0.25, -0.2) is 19.0 Å². The van der Waals surface area contributed by atoms with E-state index in [9.17, 15) is 9.65 Å². The first-order valence-electron chi connectivity index (χ1n) is 11.2. The lowest BCUT2D eigenvalue weighted by Gasteiger charge is -2.13. The molecule has 7 nitrogen and oxygen atoms in total. The van der Waals surface area contributed by atoms with Crippen molar-refractivity contribution in [2.24, 2.45) is 0 Å². The molecule has 0 fully saturated rings. The minimum Gasteiger partial charge on any atom is -0.337 e. The lowest BCUT2D eigenvalue weighted by molar-refractivity contribution is 0.631. The van der Waals surface area contributed by atoms with E-state index in [1.165, 1.54) is 17.8 Å². The van der Waals surface area contributed by atoms with Gasteiger partial charge in [0.25, 0.3) is 0 Å². The van der Waals surface area contributed by atoms with Gasteiger partial charge in [-0.2, -0.15) is 5.26 Å². The van der Waals surface area contributed by atoms with Crippen LogP contribution >= 0.6 is 23.4 Å². The molecule has 0 amide bonds. The molecule has 3 aromatic carbocycles. The van der Waals surface area contributed by atoms with E-state index in [1.54, 1.807) is 22.9 Å². The van der Waals surface area contributed by atoms with Gasteiger partial charge in [-0.3, -0.25) is 0 Å². The third-order valence-electron chi connectivity index (χ3n) is 5.37. The van der Waals surface area contributed by atoms with E-state index in [1.807, 2.05) is 60.8 Å². The van der Waals surface area contributed by atoms with E-state index in [2.05, 4.69) is 31.7 Å². The highest BCUT2D eigenvalue weighted by molar-refractivity contribution is 7.98. The molecule has 0 spiro atoms. The maximum absolute atomic E-state index is 14.4. The number of para-hydroxylation sites is 1. The molecule has 182 valence electrons. The number of hydrogen-bond donors (Lipinski definition) is 1. The second kappa shape index (κ2) is 11.2. The van der Waals surface area contributed by atoms with E-state index >= 15 is 0 Å². The quantitative estimate of drug-likeness (QED) is 0.182. The average Bonchev–Trinajstić information content (AvgIpc) is 3.37. The maximum Gasteiger partial charge on any atom is 0.190 e. The van der Waals surface area contributed by atoms with Crippen LogP contribution < -0.4 is 5.32 Å².